The second-order valence-corrected chi connectivity index (χ2v) is 3.94. The lowest BCUT2D eigenvalue weighted by molar-refractivity contribution is -0.121. The zero-order valence-electron chi connectivity index (χ0n) is 10.2. The molecule has 1 aromatic heterocycles. The molecule has 0 fully saturated rings. The first-order valence-corrected chi connectivity index (χ1v) is 5.94. The zero-order chi connectivity index (χ0) is 12.7. The van der Waals surface area contributed by atoms with Gasteiger partial charge < -0.3 is 0 Å². The van der Waals surface area contributed by atoms with Crippen LogP contribution >= 0.6 is 0 Å². The van der Waals surface area contributed by atoms with Gasteiger partial charge in [0.15, 0.2) is 0 Å². The number of nitrogens with two attached hydrogens (primary N) is 1. The second-order valence-electron chi connectivity index (χ2n) is 3.94. The average Bonchev–Trinajstić information content (AvgIpc) is 2.69. The lowest BCUT2D eigenvalue weighted by atomic mass is 10.2. The van der Waals surface area contributed by atoms with Gasteiger partial charge in [-0.2, -0.15) is 0 Å². The zero-order valence-corrected chi connectivity index (χ0v) is 10.2. The molecule has 1 heterocycles. The number of aromatic nitrogens is 2. The average molecular weight is 240 g/mol. The first-order valence-electron chi connectivity index (χ1n) is 5.94. The Kier molecular flexibility index (Phi) is 5.48. The van der Waals surface area contributed by atoms with Gasteiger partial charge in [0.05, 0.1) is 0 Å². The van der Waals surface area contributed by atoms with Crippen molar-refractivity contribution in [2.24, 2.45) is 5.84 Å². The van der Waals surface area contributed by atoms with Gasteiger partial charge in [-0.3, -0.25) is 19.4 Å². The van der Waals surface area contributed by atoms with E-state index in [2.05, 4.69) is 5.43 Å². The van der Waals surface area contributed by atoms with Gasteiger partial charge in [0.2, 0.25) is 5.91 Å². The van der Waals surface area contributed by atoms with Crippen LogP contribution in [-0.4, -0.2) is 15.0 Å². The molecule has 0 aliphatic rings. The van der Waals surface area contributed by atoms with Crippen molar-refractivity contribution < 1.29 is 4.79 Å². The number of carbonyl (C=O) groups is 1. The van der Waals surface area contributed by atoms with E-state index in [9.17, 15) is 9.59 Å². The molecular formula is C11H20N4O2. The first-order chi connectivity index (χ1) is 8.19. The van der Waals surface area contributed by atoms with Crippen molar-refractivity contribution in [2.75, 3.05) is 0 Å². The van der Waals surface area contributed by atoms with Crippen LogP contribution in [0.3, 0.4) is 0 Å². The van der Waals surface area contributed by atoms with E-state index < -0.39 is 0 Å². The molecule has 6 nitrogen and oxygen atoms in total. The molecule has 96 valence electrons. The normalized spacial score (nSPS) is 10.5. The van der Waals surface area contributed by atoms with E-state index in [1.807, 2.05) is 6.92 Å². The molecule has 0 atom stereocenters. The molecule has 0 radical (unpaired) electrons. The molecule has 0 spiro atoms. The Morgan fingerprint density at radius 1 is 1.29 bits per heavy atom. The molecular weight excluding hydrogens is 220 g/mol. The van der Waals surface area contributed by atoms with E-state index in [-0.39, 0.29) is 11.6 Å². The summed E-state index contributed by atoms with van der Waals surface area (Å²) in [5.74, 6) is 4.83. The van der Waals surface area contributed by atoms with Crippen molar-refractivity contribution in [2.45, 2.75) is 45.7 Å². The summed E-state index contributed by atoms with van der Waals surface area (Å²) in [6.07, 6.45) is 6.65. The molecule has 17 heavy (non-hydrogen) atoms. The smallest absolute Gasteiger partial charge is 0.300 e. The number of hydrazine groups is 1. The van der Waals surface area contributed by atoms with Crippen molar-refractivity contribution in [3.8, 4) is 0 Å². The van der Waals surface area contributed by atoms with E-state index in [4.69, 9.17) is 5.84 Å². The summed E-state index contributed by atoms with van der Waals surface area (Å²) in [7, 11) is 0. The van der Waals surface area contributed by atoms with Gasteiger partial charge >= 0.3 is 5.69 Å². The molecule has 1 amide bonds. The highest BCUT2D eigenvalue weighted by atomic mass is 16.2. The fraction of sp³-hybridized carbons (Fsp3) is 0.636. The van der Waals surface area contributed by atoms with Crippen LogP contribution in [0.1, 0.15) is 32.6 Å². The molecule has 0 saturated carbocycles. The van der Waals surface area contributed by atoms with Crippen LogP contribution in [0.5, 0.6) is 0 Å². The van der Waals surface area contributed by atoms with Crippen molar-refractivity contribution in [3.63, 3.8) is 0 Å². The molecule has 6 heteroatoms. The third kappa shape index (κ3) is 4.07. The van der Waals surface area contributed by atoms with Crippen molar-refractivity contribution in [3.05, 3.63) is 22.9 Å². The summed E-state index contributed by atoms with van der Waals surface area (Å²) >= 11 is 0. The summed E-state index contributed by atoms with van der Waals surface area (Å²) < 4.78 is 3.37. The van der Waals surface area contributed by atoms with Crippen LogP contribution in [-0.2, 0) is 17.9 Å². The van der Waals surface area contributed by atoms with E-state index in [0.717, 1.165) is 19.3 Å². The SMILES string of the molecule is CCn1ccn(CCCCCC(=O)NN)c1=O. The summed E-state index contributed by atoms with van der Waals surface area (Å²) in [6, 6.07) is 0. The number of nitrogens with zero attached hydrogens (tertiary/aromatic N) is 2. The fourth-order valence-electron chi connectivity index (χ4n) is 1.68. The second kappa shape index (κ2) is 6.90. The van der Waals surface area contributed by atoms with Gasteiger partial charge in [-0.25, -0.2) is 10.6 Å². The van der Waals surface area contributed by atoms with Gasteiger partial charge in [-0.05, 0) is 19.8 Å². The number of imidazole rings is 1. The summed E-state index contributed by atoms with van der Waals surface area (Å²) in [4.78, 5) is 22.5. The lowest BCUT2D eigenvalue weighted by Crippen LogP contribution is -2.29. The molecule has 1 aromatic rings. The topological polar surface area (TPSA) is 82.1 Å². The highest BCUT2D eigenvalue weighted by Crippen LogP contribution is 2.01. The molecule has 0 bridgehead atoms. The lowest BCUT2D eigenvalue weighted by Gasteiger charge is -2.02. The van der Waals surface area contributed by atoms with Crippen LogP contribution in [0.25, 0.3) is 0 Å². The molecule has 0 saturated heterocycles. The van der Waals surface area contributed by atoms with Gasteiger partial charge in [0, 0.05) is 31.9 Å². The Labute approximate surface area is 100 Å². The minimum atomic E-state index is -0.140. The monoisotopic (exact) mass is 240 g/mol. The highest BCUT2D eigenvalue weighted by Gasteiger charge is 2.01. The third-order valence-electron chi connectivity index (χ3n) is 2.72. The molecule has 0 aliphatic carbocycles. The van der Waals surface area contributed by atoms with Crippen LogP contribution in [0.4, 0.5) is 0 Å². The Morgan fingerprint density at radius 2 is 2.00 bits per heavy atom. The van der Waals surface area contributed by atoms with Gasteiger partial charge in [-0.15, -0.1) is 0 Å². The Hall–Kier alpha value is -1.56. The van der Waals surface area contributed by atoms with Crippen LogP contribution < -0.4 is 17.0 Å². The van der Waals surface area contributed by atoms with E-state index in [1.165, 1.54) is 0 Å². The van der Waals surface area contributed by atoms with Crippen LogP contribution in [0.15, 0.2) is 17.2 Å². The number of hydrogen-bond donors (Lipinski definition) is 2. The minimum absolute atomic E-state index is 0.0344. The van der Waals surface area contributed by atoms with Crippen molar-refractivity contribution >= 4 is 5.91 Å². The number of nitrogens with one attached hydrogen (secondary N) is 1. The van der Waals surface area contributed by atoms with E-state index >= 15 is 0 Å². The Morgan fingerprint density at radius 3 is 2.59 bits per heavy atom. The summed E-state index contributed by atoms with van der Waals surface area (Å²) in [5, 5.41) is 0. The first kappa shape index (κ1) is 13.5. The Balaban J connectivity index is 2.24. The maximum absolute atomic E-state index is 11.7. The fourth-order valence-corrected chi connectivity index (χ4v) is 1.68. The highest BCUT2D eigenvalue weighted by molar-refractivity contribution is 5.74. The van der Waals surface area contributed by atoms with Crippen molar-refractivity contribution in [1.82, 2.24) is 14.6 Å². The number of amides is 1. The van der Waals surface area contributed by atoms with Crippen LogP contribution in [0.2, 0.25) is 0 Å². The number of unbranched alkanes of at least 4 members (excludes halogenated alkanes) is 2. The number of aryl methyl sites for hydroxylation is 2. The van der Waals surface area contributed by atoms with Gasteiger partial charge in [0.1, 0.15) is 0 Å². The maximum atomic E-state index is 11.7. The summed E-state index contributed by atoms with van der Waals surface area (Å²) in [6.45, 7) is 3.34. The van der Waals surface area contributed by atoms with Gasteiger partial charge in [0.25, 0.3) is 0 Å². The predicted molar refractivity (Wildman–Crippen MR) is 65.2 cm³/mol. The molecule has 0 unspecified atom stereocenters. The van der Waals surface area contributed by atoms with Crippen molar-refractivity contribution in [1.29, 1.82) is 0 Å². The standard InChI is InChI=1S/C11H20N4O2/c1-2-14-8-9-15(11(14)17)7-5-3-4-6-10(16)13-12/h8-9H,2-7,12H2,1H3,(H,13,16). The largest absolute Gasteiger partial charge is 0.328 e. The van der Waals surface area contributed by atoms with Gasteiger partial charge in [-0.1, -0.05) is 6.42 Å². The van der Waals surface area contributed by atoms with E-state index in [0.29, 0.717) is 19.5 Å². The quantitative estimate of drug-likeness (QED) is 0.309. The summed E-state index contributed by atoms with van der Waals surface area (Å²) in [5.41, 5.74) is 2.13. The maximum Gasteiger partial charge on any atom is 0.328 e. The third-order valence-corrected chi connectivity index (χ3v) is 2.72. The molecule has 3 N–H and O–H groups in total. The molecule has 1 rings (SSSR count). The Bertz CT molecular complexity index is 408. The van der Waals surface area contributed by atoms with E-state index in [1.54, 1.807) is 21.5 Å². The number of rotatable bonds is 7. The minimum Gasteiger partial charge on any atom is -0.300 e. The number of carbonyl (C=O) groups excluding carboxylic acids is 1. The number of hydrogen-bond acceptors (Lipinski definition) is 3. The molecule has 0 aromatic carbocycles. The van der Waals surface area contributed by atoms with Crippen LogP contribution in [0, 0.1) is 0 Å². The predicted octanol–water partition coefficient (Wildman–Crippen LogP) is 0.220. The molecule has 0 aliphatic heterocycles.